The number of likely N-dealkylation sites (N-methyl/N-ethyl adjacent to an activating group) is 2. The van der Waals surface area contributed by atoms with Crippen LogP contribution in [0.1, 0.15) is 26.7 Å². The van der Waals surface area contributed by atoms with Crippen LogP contribution < -0.4 is 5.32 Å². The van der Waals surface area contributed by atoms with E-state index in [1.54, 1.807) is 11.9 Å². The van der Waals surface area contributed by atoms with E-state index < -0.39 is 0 Å². The first-order valence-electron chi connectivity index (χ1n) is 7.42. The molecule has 21 heavy (non-hydrogen) atoms. The number of hydrogen-bond donors (Lipinski definition) is 1. The van der Waals surface area contributed by atoms with Gasteiger partial charge in [0.25, 0.3) is 0 Å². The topological polar surface area (TPSA) is 61.9 Å². The lowest BCUT2D eigenvalue weighted by atomic mass is 10.2. The Kier molecular flexibility index (Phi) is 10.4. The summed E-state index contributed by atoms with van der Waals surface area (Å²) in [4.78, 5) is 27.0. The van der Waals surface area contributed by atoms with Gasteiger partial charge in [-0.25, -0.2) is 0 Å². The van der Waals surface area contributed by atoms with Gasteiger partial charge in [0, 0.05) is 33.3 Å². The van der Waals surface area contributed by atoms with Crippen molar-refractivity contribution in [2.45, 2.75) is 32.8 Å². The largest absolute Gasteiger partial charge is 0.377 e. The molecule has 0 aromatic heterocycles. The highest BCUT2D eigenvalue weighted by Gasteiger charge is 2.18. The van der Waals surface area contributed by atoms with Crippen LogP contribution in [0.2, 0.25) is 0 Å². The van der Waals surface area contributed by atoms with Gasteiger partial charge in [0.15, 0.2) is 0 Å². The average Bonchev–Trinajstić information content (AvgIpc) is 2.93. The van der Waals surface area contributed by atoms with Crippen LogP contribution in [0.25, 0.3) is 0 Å². The molecule has 0 aromatic carbocycles. The van der Waals surface area contributed by atoms with Crippen molar-refractivity contribution in [3.8, 4) is 0 Å². The number of carbonyl (C=O) groups excluding carboxylic acids is 2. The van der Waals surface area contributed by atoms with E-state index >= 15 is 0 Å². The number of hydrogen-bond acceptors (Lipinski definition) is 4. The summed E-state index contributed by atoms with van der Waals surface area (Å²) >= 11 is 0. The van der Waals surface area contributed by atoms with Gasteiger partial charge >= 0.3 is 0 Å². The Labute approximate surface area is 133 Å². The second-order valence-electron chi connectivity index (χ2n) is 5.08. The summed E-state index contributed by atoms with van der Waals surface area (Å²) in [6.45, 7) is 7.13. The minimum Gasteiger partial charge on any atom is -0.377 e. The Bertz CT molecular complexity index is 319. The normalized spacial score (nSPS) is 17.2. The van der Waals surface area contributed by atoms with E-state index in [9.17, 15) is 9.59 Å². The van der Waals surface area contributed by atoms with E-state index in [1.807, 2.05) is 13.8 Å². The molecule has 1 fully saturated rings. The molecule has 0 saturated carbocycles. The molecule has 7 heteroatoms. The predicted molar refractivity (Wildman–Crippen MR) is 84.7 cm³/mol. The number of amides is 2. The summed E-state index contributed by atoms with van der Waals surface area (Å²) < 4.78 is 5.47. The van der Waals surface area contributed by atoms with Crippen molar-refractivity contribution in [2.75, 3.05) is 46.4 Å². The van der Waals surface area contributed by atoms with Gasteiger partial charge in [-0.2, -0.15) is 0 Å². The molecule has 6 nitrogen and oxygen atoms in total. The zero-order chi connectivity index (χ0) is 15.0. The van der Waals surface area contributed by atoms with E-state index in [-0.39, 0.29) is 43.4 Å². The predicted octanol–water partition coefficient (Wildman–Crippen LogP) is 0.504. The van der Waals surface area contributed by atoms with Crippen LogP contribution >= 0.6 is 12.4 Å². The van der Waals surface area contributed by atoms with E-state index in [0.717, 1.165) is 19.4 Å². The van der Waals surface area contributed by atoms with Gasteiger partial charge < -0.3 is 19.9 Å². The number of ether oxygens (including phenoxy) is 1. The zero-order valence-corrected chi connectivity index (χ0v) is 14.1. The molecule has 0 aliphatic carbocycles. The molecule has 1 aliphatic rings. The molecule has 1 rings (SSSR count). The Hall–Kier alpha value is -0.850. The van der Waals surface area contributed by atoms with Crippen molar-refractivity contribution in [1.29, 1.82) is 0 Å². The maximum absolute atomic E-state index is 11.9. The minimum absolute atomic E-state index is 0. The first-order valence-corrected chi connectivity index (χ1v) is 7.42. The smallest absolute Gasteiger partial charge is 0.242 e. The van der Waals surface area contributed by atoms with Gasteiger partial charge in [0.1, 0.15) is 0 Å². The fourth-order valence-electron chi connectivity index (χ4n) is 2.25. The lowest BCUT2D eigenvalue weighted by Gasteiger charge is -2.23. The monoisotopic (exact) mass is 321 g/mol. The molecule has 1 atom stereocenters. The van der Waals surface area contributed by atoms with Crippen molar-refractivity contribution in [3.05, 3.63) is 0 Å². The SMILES string of the molecule is CCN(CC)C(=O)CN(C)C(=O)CNCC1CCCO1.Cl. The molecule has 1 N–H and O–H groups in total. The van der Waals surface area contributed by atoms with Gasteiger partial charge in [0.2, 0.25) is 11.8 Å². The lowest BCUT2D eigenvalue weighted by Crippen LogP contribution is -2.44. The highest BCUT2D eigenvalue weighted by molar-refractivity contribution is 5.85. The van der Waals surface area contributed by atoms with E-state index in [4.69, 9.17) is 4.74 Å². The van der Waals surface area contributed by atoms with Crippen LogP contribution in [-0.4, -0.2) is 74.1 Å². The Morgan fingerprint density at radius 3 is 2.43 bits per heavy atom. The average molecular weight is 322 g/mol. The molecule has 0 aromatic rings. The molecular weight excluding hydrogens is 294 g/mol. The van der Waals surface area contributed by atoms with Crippen molar-refractivity contribution in [2.24, 2.45) is 0 Å². The van der Waals surface area contributed by atoms with E-state index in [1.165, 1.54) is 4.90 Å². The van der Waals surface area contributed by atoms with Crippen molar-refractivity contribution in [1.82, 2.24) is 15.1 Å². The third-order valence-electron chi connectivity index (χ3n) is 3.59. The van der Waals surface area contributed by atoms with Crippen molar-refractivity contribution < 1.29 is 14.3 Å². The van der Waals surface area contributed by atoms with Crippen LogP contribution in [0.3, 0.4) is 0 Å². The fourth-order valence-corrected chi connectivity index (χ4v) is 2.25. The molecule has 0 radical (unpaired) electrons. The quantitative estimate of drug-likeness (QED) is 0.707. The first-order chi connectivity index (χ1) is 9.58. The highest BCUT2D eigenvalue weighted by Crippen LogP contribution is 2.10. The van der Waals surface area contributed by atoms with Crippen LogP contribution in [-0.2, 0) is 14.3 Å². The molecule has 124 valence electrons. The lowest BCUT2D eigenvalue weighted by molar-refractivity contribution is -0.138. The summed E-state index contributed by atoms with van der Waals surface area (Å²) in [6, 6.07) is 0. The summed E-state index contributed by atoms with van der Waals surface area (Å²) in [7, 11) is 1.66. The van der Waals surface area contributed by atoms with Gasteiger partial charge in [-0.3, -0.25) is 9.59 Å². The summed E-state index contributed by atoms with van der Waals surface area (Å²) in [6.07, 6.45) is 2.38. The van der Waals surface area contributed by atoms with E-state index in [0.29, 0.717) is 19.6 Å². The number of nitrogens with zero attached hydrogens (tertiary/aromatic N) is 2. The third-order valence-corrected chi connectivity index (χ3v) is 3.59. The summed E-state index contributed by atoms with van der Waals surface area (Å²) in [5.41, 5.74) is 0. The maximum Gasteiger partial charge on any atom is 0.242 e. The summed E-state index contributed by atoms with van der Waals surface area (Å²) in [5.74, 6) is -0.0755. The first kappa shape index (κ1) is 20.1. The fraction of sp³-hybridized carbons (Fsp3) is 0.857. The zero-order valence-electron chi connectivity index (χ0n) is 13.3. The number of nitrogens with one attached hydrogen (secondary N) is 1. The molecule has 1 heterocycles. The molecule has 0 spiro atoms. The Balaban J connectivity index is 0.00000400. The number of halogens is 1. The molecule has 1 saturated heterocycles. The van der Waals surface area contributed by atoms with Crippen LogP contribution in [0.5, 0.6) is 0 Å². The molecule has 0 bridgehead atoms. The van der Waals surface area contributed by atoms with Crippen LogP contribution in [0.15, 0.2) is 0 Å². The molecule has 1 unspecified atom stereocenters. The van der Waals surface area contributed by atoms with Crippen molar-refractivity contribution in [3.63, 3.8) is 0 Å². The van der Waals surface area contributed by atoms with Gasteiger partial charge in [-0.05, 0) is 26.7 Å². The molecular formula is C14H28ClN3O3. The summed E-state index contributed by atoms with van der Waals surface area (Å²) in [5, 5.41) is 3.10. The second-order valence-corrected chi connectivity index (χ2v) is 5.08. The van der Waals surface area contributed by atoms with Gasteiger partial charge in [-0.1, -0.05) is 0 Å². The Morgan fingerprint density at radius 1 is 1.24 bits per heavy atom. The highest BCUT2D eigenvalue weighted by atomic mass is 35.5. The second kappa shape index (κ2) is 10.8. The van der Waals surface area contributed by atoms with Crippen LogP contribution in [0, 0.1) is 0 Å². The van der Waals surface area contributed by atoms with E-state index in [2.05, 4.69) is 5.32 Å². The number of carbonyl (C=O) groups is 2. The number of rotatable bonds is 8. The molecule has 1 aliphatic heterocycles. The maximum atomic E-state index is 11.9. The van der Waals surface area contributed by atoms with Gasteiger partial charge in [0.05, 0.1) is 19.2 Å². The third kappa shape index (κ3) is 7.11. The minimum atomic E-state index is -0.0662. The Morgan fingerprint density at radius 2 is 1.90 bits per heavy atom. The standard InChI is InChI=1S/C14H27N3O3.ClH/c1-4-17(5-2)14(19)11-16(3)13(18)10-15-9-12-7-6-8-20-12;/h12,15H,4-11H2,1-3H3;1H. The van der Waals surface area contributed by atoms with Gasteiger partial charge in [-0.15, -0.1) is 12.4 Å². The van der Waals surface area contributed by atoms with Crippen molar-refractivity contribution >= 4 is 24.2 Å². The molecule has 2 amide bonds. The van der Waals surface area contributed by atoms with Crippen LogP contribution in [0.4, 0.5) is 0 Å².